The summed E-state index contributed by atoms with van der Waals surface area (Å²) in [4.78, 5) is 4.62. The number of fused-ring (bicyclic) bond motifs is 2. The Balaban J connectivity index is 1.78. The van der Waals surface area contributed by atoms with Crippen LogP contribution in [0.1, 0.15) is 0 Å². The van der Waals surface area contributed by atoms with E-state index in [2.05, 4.69) is 20.9 Å². The quantitative estimate of drug-likeness (QED) is 0.345. The van der Waals surface area contributed by atoms with Gasteiger partial charge in [-0.15, -0.1) is 0 Å². The normalized spacial score (nSPS) is 11.3. The van der Waals surface area contributed by atoms with Crippen molar-refractivity contribution in [1.29, 1.82) is 0 Å². The topological polar surface area (TPSA) is 46.3 Å². The van der Waals surface area contributed by atoms with E-state index in [4.69, 9.17) is 4.42 Å². The van der Waals surface area contributed by atoms with Gasteiger partial charge in [-0.05, 0) is 29.7 Å². The number of phenolic OH excluding ortho intramolecular Hbond substituents is 1. The van der Waals surface area contributed by atoms with E-state index < -0.39 is 0 Å². The first-order chi connectivity index (χ1) is 13.2. The van der Waals surface area contributed by atoms with Crippen molar-refractivity contribution in [3.05, 3.63) is 83.3 Å². The maximum atomic E-state index is 10.9. The van der Waals surface area contributed by atoms with Gasteiger partial charge in [0.05, 0.1) is 0 Å². The molecule has 1 N–H and O–H groups in total. The van der Waals surface area contributed by atoms with E-state index in [0.717, 1.165) is 31.9 Å². The first kappa shape index (κ1) is 16.1. The summed E-state index contributed by atoms with van der Waals surface area (Å²) in [7, 11) is 0. The van der Waals surface area contributed by atoms with E-state index in [1.165, 1.54) is 0 Å². The van der Waals surface area contributed by atoms with Crippen molar-refractivity contribution in [2.45, 2.75) is 0 Å². The molecule has 1 heterocycles. The summed E-state index contributed by atoms with van der Waals surface area (Å²) in [5, 5.41) is 12.7. The molecular formula is C23H14BrNO2. The van der Waals surface area contributed by atoms with Gasteiger partial charge in [-0.2, -0.15) is 0 Å². The lowest BCUT2D eigenvalue weighted by Gasteiger charge is -2.10. The van der Waals surface area contributed by atoms with Crippen LogP contribution in [0.4, 0.5) is 0 Å². The van der Waals surface area contributed by atoms with Gasteiger partial charge in [0.2, 0.25) is 5.89 Å². The molecule has 4 heteroatoms. The molecule has 0 saturated carbocycles. The number of halogens is 1. The van der Waals surface area contributed by atoms with Gasteiger partial charge < -0.3 is 9.52 Å². The average molecular weight is 416 g/mol. The first-order valence-electron chi connectivity index (χ1n) is 8.58. The number of phenols is 1. The van der Waals surface area contributed by atoms with Crippen LogP contribution in [0.2, 0.25) is 0 Å². The Morgan fingerprint density at radius 2 is 1.52 bits per heavy atom. The standard InChI is InChI=1S/C23H14BrNO2/c24-19-13-18(21(26)16-10-5-4-9-15(16)19)17-11-6-12-20-22(17)27-23(25-20)14-7-2-1-3-8-14/h1-13,26H. The predicted octanol–water partition coefficient (Wildman–Crippen LogP) is 6.78. The number of oxazole rings is 1. The summed E-state index contributed by atoms with van der Waals surface area (Å²) in [6.45, 7) is 0. The van der Waals surface area contributed by atoms with Crippen molar-refractivity contribution in [3.8, 4) is 28.3 Å². The maximum absolute atomic E-state index is 10.9. The lowest BCUT2D eigenvalue weighted by molar-refractivity contribution is 0.483. The number of benzene rings is 4. The Bertz CT molecular complexity index is 1290. The van der Waals surface area contributed by atoms with Crippen molar-refractivity contribution in [2.24, 2.45) is 0 Å². The highest BCUT2D eigenvalue weighted by molar-refractivity contribution is 9.10. The Hall–Kier alpha value is -3.11. The third kappa shape index (κ3) is 2.61. The Morgan fingerprint density at radius 1 is 0.778 bits per heavy atom. The van der Waals surface area contributed by atoms with E-state index in [9.17, 15) is 5.11 Å². The summed E-state index contributed by atoms with van der Waals surface area (Å²) < 4.78 is 7.03. The minimum atomic E-state index is 0.235. The molecular weight excluding hydrogens is 402 g/mol. The fraction of sp³-hybridized carbons (Fsp3) is 0. The summed E-state index contributed by atoms with van der Waals surface area (Å²) in [5.41, 5.74) is 3.86. The highest BCUT2D eigenvalue weighted by atomic mass is 79.9. The van der Waals surface area contributed by atoms with E-state index >= 15 is 0 Å². The molecule has 0 radical (unpaired) electrons. The molecule has 27 heavy (non-hydrogen) atoms. The van der Waals surface area contributed by atoms with Crippen molar-refractivity contribution in [1.82, 2.24) is 4.98 Å². The number of aromatic nitrogens is 1. The van der Waals surface area contributed by atoms with Crippen molar-refractivity contribution in [2.75, 3.05) is 0 Å². The molecule has 0 bridgehead atoms. The maximum Gasteiger partial charge on any atom is 0.227 e. The molecule has 3 nitrogen and oxygen atoms in total. The highest BCUT2D eigenvalue weighted by Crippen LogP contribution is 2.42. The number of hydrogen-bond acceptors (Lipinski definition) is 3. The molecule has 0 spiro atoms. The molecule has 5 rings (SSSR count). The summed E-state index contributed by atoms with van der Waals surface area (Å²) in [6, 6.07) is 25.3. The van der Waals surface area contributed by atoms with Crippen LogP contribution in [0.25, 0.3) is 44.5 Å². The number of nitrogens with zero attached hydrogens (tertiary/aromatic N) is 1. The summed E-state index contributed by atoms with van der Waals surface area (Å²) >= 11 is 3.63. The fourth-order valence-electron chi connectivity index (χ4n) is 3.39. The zero-order chi connectivity index (χ0) is 18.4. The van der Waals surface area contributed by atoms with E-state index in [1.54, 1.807) is 0 Å². The number of aromatic hydroxyl groups is 1. The third-order valence-electron chi connectivity index (χ3n) is 4.69. The van der Waals surface area contributed by atoms with E-state index in [-0.39, 0.29) is 5.75 Å². The molecule has 130 valence electrons. The number of para-hydroxylation sites is 1. The second-order valence-corrected chi connectivity index (χ2v) is 7.19. The SMILES string of the molecule is Oc1c(-c2cccc3nc(-c4ccccc4)oc23)cc(Br)c2ccccc12. The number of hydrogen-bond donors (Lipinski definition) is 1. The minimum absolute atomic E-state index is 0.235. The zero-order valence-electron chi connectivity index (χ0n) is 14.2. The van der Waals surface area contributed by atoms with Crippen LogP contribution in [0.3, 0.4) is 0 Å². The molecule has 0 saturated heterocycles. The lowest BCUT2D eigenvalue weighted by atomic mass is 9.99. The molecule has 5 aromatic rings. The molecule has 0 aliphatic heterocycles. The van der Waals surface area contributed by atoms with Gasteiger partial charge in [-0.3, -0.25) is 0 Å². The van der Waals surface area contributed by atoms with E-state index in [1.807, 2.05) is 78.9 Å². The van der Waals surface area contributed by atoms with Crippen LogP contribution in [0, 0.1) is 0 Å². The van der Waals surface area contributed by atoms with Crippen molar-refractivity contribution < 1.29 is 9.52 Å². The van der Waals surface area contributed by atoms with Crippen LogP contribution in [-0.4, -0.2) is 10.1 Å². The first-order valence-corrected chi connectivity index (χ1v) is 9.37. The summed E-state index contributed by atoms with van der Waals surface area (Å²) in [5.74, 6) is 0.802. The van der Waals surface area contributed by atoms with Gasteiger partial charge >= 0.3 is 0 Å². The zero-order valence-corrected chi connectivity index (χ0v) is 15.8. The molecule has 0 aliphatic rings. The number of rotatable bonds is 2. The van der Waals surface area contributed by atoms with E-state index in [0.29, 0.717) is 17.0 Å². The molecule has 0 aliphatic carbocycles. The molecule has 0 atom stereocenters. The third-order valence-corrected chi connectivity index (χ3v) is 5.35. The van der Waals surface area contributed by atoms with Crippen LogP contribution in [0.5, 0.6) is 5.75 Å². The average Bonchev–Trinajstić information content (AvgIpc) is 3.16. The minimum Gasteiger partial charge on any atom is -0.507 e. The monoisotopic (exact) mass is 415 g/mol. The second-order valence-electron chi connectivity index (χ2n) is 6.34. The molecule has 4 aromatic carbocycles. The smallest absolute Gasteiger partial charge is 0.227 e. The molecule has 0 amide bonds. The van der Waals surface area contributed by atoms with Gasteiger partial charge in [0.15, 0.2) is 5.58 Å². The van der Waals surface area contributed by atoms with Crippen LogP contribution in [0.15, 0.2) is 87.8 Å². The summed E-state index contributed by atoms with van der Waals surface area (Å²) in [6.07, 6.45) is 0. The Labute approximate surface area is 164 Å². The van der Waals surface area contributed by atoms with Gasteiger partial charge in [-0.1, -0.05) is 70.5 Å². The van der Waals surface area contributed by atoms with Crippen LogP contribution in [-0.2, 0) is 0 Å². The van der Waals surface area contributed by atoms with Crippen LogP contribution < -0.4 is 0 Å². The van der Waals surface area contributed by atoms with Crippen molar-refractivity contribution >= 4 is 37.8 Å². The molecule has 1 aromatic heterocycles. The predicted molar refractivity (Wildman–Crippen MR) is 112 cm³/mol. The van der Waals surface area contributed by atoms with Crippen molar-refractivity contribution in [3.63, 3.8) is 0 Å². The Morgan fingerprint density at radius 3 is 2.33 bits per heavy atom. The van der Waals surface area contributed by atoms with Gasteiger partial charge in [0.25, 0.3) is 0 Å². The highest BCUT2D eigenvalue weighted by Gasteiger charge is 2.17. The van der Waals surface area contributed by atoms with Crippen LogP contribution >= 0.6 is 15.9 Å². The lowest BCUT2D eigenvalue weighted by Crippen LogP contribution is -1.84. The second kappa shape index (κ2) is 6.25. The molecule has 0 fully saturated rings. The van der Waals surface area contributed by atoms with Gasteiger partial charge in [-0.25, -0.2) is 4.98 Å². The van der Waals surface area contributed by atoms with Gasteiger partial charge in [0, 0.05) is 26.5 Å². The van der Waals surface area contributed by atoms with Gasteiger partial charge in [0.1, 0.15) is 11.3 Å². The largest absolute Gasteiger partial charge is 0.507 e. The Kier molecular flexibility index (Phi) is 3.73. The molecule has 0 unspecified atom stereocenters. The fourth-order valence-corrected chi connectivity index (χ4v) is 3.96.